The van der Waals surface area contributed by atoms with Crippen molar-refractivity contribution in [2.75, 3.05) is 19.8 Å². The number of hydrogen-bond donors (Lipinski definition) is 0. The predicted molar refractivity (Wildman–Crippen MR) is 108 cm³/mol. The molecule has 2 aliphatic rings. The molecule has 0 amide bonds. The summed E-state index contributed by atoms with van der Waals surface area (Å²) in [6.07, 6.45) is 2.82. The number of esters is 1. The van der Waals surface area contributed by atoms with Crippen molar-refractivity contribution >= 4 is 38.5 Å². The van der Waals surface area contributed by atoms with Gasteiger partial charge in [-0.15, -0.1) is 0 Å². The highest BCUT2D eigenvalue weighted by molar-refractivity contribution is 9.10. The minimum Gasteiger partial charge on any atom is -0.465 e. The second kappa shape index (κ2) is 7.62. The van der Waals surface area contributed by atoms with Crippen molar-refractivity contribution in [1.82, 2.24) is 4.98 Å². The van der Waals surface area contributed by atoms with Crippen LogP contribution in [-0.4, -0.2) is 41.5 Å². The minimum absolute atomic E-state index is 0.173. The molecule has 1 aliphatic heterocycles. The largest absolute Gasteiger partial charge is 0.465 e. The van der Waals surface area contributed by atoms with Crippen molar-refractivity contribution in [2.24, 2.45) is 0 Å². The Balaban J connectivity index is 1.92. The highest BCUT2D eigenvalue weighted by Gasteiger charge is 2.54. The second-order valence-electron chi connectivity index (χ2n) is 7.35. The van der Waals surface area contributed by atoms with E-state index in [1.807, 2.05) is 6.07 Å². The lowest BCUT2D eigenvalue weighted by molar-refractivity contribution is -0.386. The molecule has 4 rings (SSSR count). The molecule has 0 unspecified atom stereocenters. The van der Waals surface area contributed by atoms with Crippen LogP contribution in [0.1, 0.15) is 38.2 Å². The molecule has 2 heterocycles. The molecular formula is C20H21BrN2O6. The normalized spacial score (nSPS) is 20.1. The number of nitrogens with zero attached hydrogens (tertiary/aromatic N) is 2. The number of benzene rings is 1. The van der Waals surface area contributed by atoms with Crippen molar-refractivity contribution in [1.29, 1.82) is 0 Å². The van der Waals surface area contributed by atoms with Crippen molar-refractivity contribution in [3.05, 3.63) is 44.5 Å². The van der Waals surface area contributed by atoms with Gasteiger partial charge in [-0.2, -0.15) is 0 Å². The van der Waals surface area contributed by atoms with E-state index < -0.39 is 22.1 Å². The standard InChI is InChI=1S/C20H21BrN2O6/c1-2-27-18(24)19(5-7-20(8-6-19)28-9-10-29-20)17-14-11-13(21)3-4-15(14)22-12-16(17)23(25)26/h3-4,11-12H,2,5-10H2,1H3. The number of rotatable bonds is 4. The first-order chi connectivity index (χ1) is 13.9. The summed E-state index contributed by atoms with van der Waals surface area (Å²) in [6, 6.07) is 5.37. The molecule has 0 N–H and O–H groups in total. The highest BCUT2D eigenvalue weighted by Crippen LogP contribution is 2.51. The summed E-state index contributed by atoms with van der Waals surface area (Å²) >= 11 is 3.43. The van der Waals surface area contributed by atoms with Gasteiger partial charge in [0.15, 0.2) is 5.79 Å². The molecule has 154 valence electrons. The number of carbonyl (C=O) groups is 1. The van der Waals surface area contributed by atoms with Crippen molar-refractivity contribution in [2.45, 2.75) is 43.8 Å². The Morgan fingerprint density at radius 1 is 1.28 bits per heavy atom. The second-order valence-corrected chi connectivity index (χ2v) is 8.26. The third-order valence-corrected chi connectivity index (χ3v) is 6.32. The molecule has 1 aromatic heterocycles. The third kappa shape index (κ3) is 3.41. The maximum Gasteiger partial charge on any atom is 0.316 e. The highest BCUT2D eigenvalue weighted by atomic mass is 79.9. The summed E-state index contributed by atoms with van der Waals surface area (Å²) in [7, 11) is 0. The lowest BCUT2D eigenvalue weighted by atomic mass is 9.66. The average Bonchev–Trinajstić information content (AvgIpc) is 3.16. The van der Waals surface area contributed by atoms with Crippen LogP contribution in [0, 0.1) is 10.1 Å². The number of carbonyl (C=O) groups excluding carboxylic acids is 1. The molecule has 0 bridgehead atoms. The van der Waals surface area contributed by atoms with E-state index in [-0.39, 0.29) is 12.3 Å². The Hall–Kier alpha value is -2.10. The van der Waals surface area contributed by atoms with Crippen LogP contribution < -0.4 is 0 Å². The Morgan fingerprint density at radius 2 is 1.97 bits per heavy atom. The van der Waals surface area contributed by atoms with Gasteiger partial charge in [0.1, 0.15) is 11.6 Å². The van der Waals surface area contributed by atoms with Gasteiger partial charge in [0.25, 0.3) is 5.69 Å². The topological polar surface area (TPSA) is 101 Å². The number of aromatic nitrogens is 1. The molecule has 1 saturated carbocycles. The smallest absolute Gasteiger partial charge is 0.316 e. The molecular weight excluding hydrogens is 444 g/mol. The zero-order valence-electron chi connectivity index (χ0n) is 16.0. The molecule has 1 aromatic carbocycles. The number of ether oxygens (including phenoxy) is 3. The fourth-order valence-corrected chi connectivity index (χ4v) is 4.83. The van der Waals surface area contributed by atoms with Gasteiger partial charge in [-0.25, -0.2) is 4.98 Å². The van der Waals surface area contributed by atoms with Gasteiger partial charge in [0, 0.05) is 22.7 Å². The van der Waals surface area contributed by atoms with Crippen molar-refractivity contribution < 1.29 is 23.9 Å². The molecule has 8 nitrogen and oxygen atoms in total. The number of halogens is 1. The van der Waals surface area contributed by atoms with Gasteiger partial charge in [-0.05, 0) is 38.0 Å². The van der Waals surface area contributed by atoms with Gasteiger partial charge < -0.3 is 14.2 Å². The monoisotopic (exact) mass is 464 g/mol. The maximum absolute atomic E-state index is 13.3. The van der Waals surface area contributed by atoms with E-state index in [0.717, 1.165) is 4.47 Å². The molecule has 2 aromatic rings. The van der Waals surface area contributed by atoms with Gasteiger partial charge >= 0.3 is 5.97 Å². The van der Waals surface area contributed by atoms with E-state index in [2.05, 4.69) is 20.9 Å². The van der Waals surface area contributed by atoms with Crippen LogP contribution in [0.15, 0.2) is 28.9 Å². The van der Waals surface area contributed by atoms with E-state index in [0.29, 0.717) is 55.4 Å². The Bertz CT molecular complexity index is 963. The van der Waals surface area contributed by atoms with Crippen molar-refractivity contribution in [3.8, 4) is 0 Å². The molecule has 0 radical (unpaired) electrons. The summed E-state index contributed by atoms with van der Waals surface area (Å²) in [5.74, 6) is -1.17. The molecule has 1 saturated heterocycles. The Labute approximate surface area is 175 Å². The fraction of sp³-hybridized carbons (Fsp3) is 0.500. The molecule has 1 spiro atoms. The predicted octanol–water partition coefficient (Wildman–Crippen LogP) is 4.02. The van der Waals surface area contributed by atoms with E-state index in [9.17, 15) is 14.9 Å². The number of nitro groups is 1. The maximum atomic E-state index is 13.3. The number of fused-ring (bicyclic) bond motifs is 1. The lowest BCUT2D eigenvalue weighted by Crippen LogP contribution is -2.47. The summed E-state index contributed by atoms with van der Waals surface area (Å²) in [6.45, 7) is 2.95. The molecule has 9 heteroatoms. The summed E-state index contributed by atoms with van der Waals surface area (Å²) < 4.78 is 17.8. The Kier molecular flexibility index (Phi) is 5.30. The lowest BCUT2D eigenvalue weighted by Gasteiger charge is -2.42. The number of pyridine rings is 1. The SMILES string of the molecule is CCOC(=O)C1(c2c([N+](=O)[O-])cnc3ccc(Br)cc23)CCC2(CC1)OCCO2. The van der Waals surface area contributed by atoms with Crippen LogP contribution in [0.3, 0.4) is 0 Å². The molecule has 2 fully saturated rings. The van der Waals surface area contributed by atoms with Crippen LogP contribution in [0.4, 0.5) is 5.69 Å². The Morgan fingerprint density at radius 3 is 2.59 bits per heavy atom. The van der Waals surface area contributed by atoms with Gasteiger partial charge in [0.05, 0.1) is 35.8 Å². The third-order valence-electron chi connectivity index (χ3n) is 5.83. The van der Waals surface area contributed by atoms with Crippen LogP contribution in [0.2, 0.25) is 0 Å². The van der Waals surface area contributed by atoms with E-state index >= 15 is 0 Å². The van der Waals surface area contributed by atoms with Crippen molar-refractivity contribution in [3.63, 3.8) is 0 Å². The van der Waals surface area contributed by atoms with E-state index in [1.54, 1.807) is 19.1 Å². The summed E-state index contributed by atoms with van der Waals surface area (Å²) in [4.78, 5) is 29.0. The van der Waals surface area contributed by atoms with Crippen LogP contribution in [0.5, 0.6) is 0 Å². The zero-order chi connectivity index (χ0) is 20.6. The molecule has 1 aliphatic carbocycles. The molecule has 0 atom stereocenters. The first-order valence-electron chi connectivity index (χ1n) is 9.59. The molecule has 29 heavy (non-hydrogen) atoms. The zero-order valence-corrected chi connectivity index (χ0v) is 17.6. The van der Waals surface area contributed by atoms with Gasteiger partial charge in [-0.1, -0.05) is 15.9 Å². The van der Waals surface area contributed by atoms with Gasteiger partial charge in [-0.3, -0.25) is 14.9 Å². The van der Waals surface area contributed by atoms with E-state index in [4.69, 9.17) is 14.2 Å². The minimum atomic E-state index is -1.17. The summed E-state index contributed by atoms with van der Waals surface area (Å²) in [5.41, 5.74) is -0.389. The van der Waals surface area contributed by atoms with Crippen LogP contribution in [-0.2, 0) is 24.4 Å². The first kappa shape index (κ1) is 20.2. The van der Waals surface area contributed by atoms with Crippen LogP contribution in [0.25, 0.3) is 10.9 Å². The quantitative estimate of drug-likeness (QED) is 0.382. The van der Waals surface area contributed by atoms with Gasteiger partial charge in [0.2, 0.25) is 0 Å². The first-order valence-corrected chi connectivity index (χ1v) is 10.4. The fourth-order valence-electron chi connectivity index (χ4n) is 4.46. The summed E-state index contributed by atoms with van der Waals surface area (Å²) in [5, 5.41) is 12.5. The van der Waals surface area contributed by atoms with Crippen LogP contribution >= 0.6 is 15.9 Å². The van der Waals surface area contributed by atoms with E-state index in [1.165, 1.54) is 6.20 Å². The number of hydrogen-bond acceptors (Lipinski definition) is 7. The average molecular weight is 465 g/mol.